The van der Waals surface area contributed by atoms with E-state index in [1.807, 2.05) is 69.7 Å². The SMILES string of the molecule is Cc1nc2cc(-c3ccc4ncc(C(=O)N5CC[C@@H](n6cccn6)C5)n4c3)ccc2o1. The number of imidazole rings is 1. The van der Waals surface area contributed by atoms with Crippen LogP contribution in [0, 0.1) is 6.92 Å². The van der Waals surface area contributed by atoms with Crippen molar-refractivity contribution in [3.05, 3.63) is 72.8 Å². The molecule has 0 N–H and O–H groups in total. The second-order valence-corrected chi connectivity index (χ2v) is 7.88. The Bertz CT molecular complexity index is 1410. The zero-order valence-electron chi connectivity index (χ0n) is 17.0. The lowest BCUT2D eigenvalue weighted by Crippen LogP contribution is -2.30. The number of aromatic nitrogens is 5. The van der Waals surface area contributed by atoms with Crippen LogP contribution in [0.5, 0.6) is 0 Å². The maximum atomic E-state index is 13.3. The van der Waals surface area contributed by atoms with Crippen molar-refractivity contribution in [3.63, 3.8) is 0 Å². The molecule has 0 spiro atoms. The van der Waals surface area contributed by atoms with Gasteiger partial charge in [0.2, 0.25) is 0 Å². The van der Waals surface area contributed by atoms with Crippen LogP contribution in [-0.4, -0.2) is 48.0 Å². The number of carbonyl (C=O) groups is 1. The molecular weight excluding hydrogens is 392 g/mol. The standard InChI is InChI=1S/C23H20N6O2/c1-15-26-19-11-16(3-5-21(19)31-15)17-4-6-22-24-12-20(28(22)13-17)23(30)27-10-7-18(14-27)29-9-2-8-25-29/h2-6,8-9,11-13,18H,7,10,14H2,1H3/t18-/m1/s1. The van der Waals surface area contributed by atoms with Gasteiger partial charge in [0, 0.05) is 38.6 Å². The lowest BCUT2D eigenvalue weighted by atomic mass is 10.1. The van der Waals surface area contributed by atoms with Crippen molar-refractivity contribution in [1.82, 2.24) is 29.0 Å². The Morgan fingerprint density at radius 3 is 2.97 bits per heavy atom. The Morgan fingerprint density at radius 2 is 2.10 bits per heavy atom. The summed E-state index contributed by atoms with van der Waals surface area (Å²) >= 11 is 0. The number of oxazole rings is 1. The van der Waals surface area contributed by atoms with E-state index in [0.29, 0.717) is 24.7 Å². The third kappa shape index (κ3) is 2.99. The van der Waals surface area contributed by atoms with Crippen molar-refractivity contribution < 1.29 is 9.21 Å². The number of pyridine rings is 1. The topological polar surface area (TPSA) is 81.5 Å². The number of likely N-dealkylation sites (tertiary alicyclic amines) is 1. The zero-order chi connectivity index (χ0) is 20.9. The summed E-state index contributed by atoms with van der Waals surface area (Å²) in [5.41, 5.74) is 4.89. The minimum Gasteiger partial charge on any atom is -0.441 e. The molecule has 5 aromatic rings. The largest absolute Gasteiger partial charge is 0.441 e. The van der Waals surface area contributed by atoms with Crippen LogP contribution >= 0.6 is 0 Å². The number of carbonyl (C=O) groups excluding carboxylic acids is 1. The second kappa shape index (κ2) is 6.80. The highest BCUT2D eigenvalue weighted by molar-refractivity contribution is 5.93. The van der Waals surface area contributed by atoms with E-state index in [1.165, 1.54) is 0 Å². The van der Waals surface area contributed by atoms with Crippen molar-refractivity contribution in [3.8, 4) is 11.1 Å². The molecule has 0 aliphatic carbocycles. The highest BCUT2D eigenvalue weighted by atomic mass is 16.3. The van der Waals surface area contributed by atoms with E-state index in [0.717, 1.165) is 34.3 Å². The van der Waals surface area contributed by atoms with Crippen LogP contribution in [0.3, 0.4) is 0 Å². The minimum absolute atomic E-state index is 0.0121. The van der Waals surface area contributed by atoms with Crippen LogP contribution in [0.25, 0.3) is 27.9 Å². The number of hydrogen-bond acceptors (Lipinski definition) is 5. The molecule has 0 radical (unpaired) electrons. The third-order valence-electron chi connectivity index (χ3n) is 5.90. The van der Waals surface area contributed by atoms with Gasteiger partial charge >= 0.3 is 0 Å². The molecule has 8 nitrogen and oxygen atoms in total. The van der Waals surface area contributed by atoms with Gasteiger partial charge < -0.3 is 9.32 Å². The van der Waals surface area contributed by atoms with Gasteiger partial charge in [-0.2, -0.15) is 5.10 Å². The average molecular weight is 412 g/mol. The molecule has 1 atom stereocenters. The monoisotopic (exact) mass is 412 g/mol. The van der Waals surface area contributed by atoms with Crippen LogP contribution in [0.15, 0.2) is 65.6 Å². The summed E-state index contributed by atoms with van der Waals surface area (Å²) in [6.07, 6.45) is 8.24. The summed E-state index contributed by atoms with van der Waals surface area (Å²) in [4.78, 5) is 24.0. The second-order valence-electron chi connectivity index (χ2n) is 7.88. The van der Waals surface area contributed by atoms with Crippen LogP contribution in [0.1, 0.15) is 28.8 Å². The molecule has 0 saturated carbocycles. The number of rotatable bonds is 3. The van der Waals surface area contributed by atoms with E-state index in [-0.39, 0.29) is 11.9 Å². The number of amides is 1. The van der Waals surface area contributed by atoms with Gasteiger partial charge in [-0.1, -0.05) is 6.07 Å². The fraction of sp³-hybridized carbons (Fsp3) is 0.217. The lowest BCUT2D eigenvalue weighted by molar-refractivity contribution is 0.0780. The van der Waals surface area contributed by atoms with E-state index in [9.17, 15) is 4.79 Å². The zero-order valence-corrected chi connectivity index (χ0v) is 17.0. The van der Waals surface area contributed by atoms with Crippen LogP contribution in [0.4, 0.5) is 0 Å². The first kappa shape index (κ1) is 17.9. The summed E-state index contributed by atoms with van der Waals surface area (Å²) in [5.74, 6) is 0.631. The van der Waals surface area contributed by atoms with E-state index in [4.69, 9.17) is 4.42 Å². The number of aryl methyl sites for hydroxylation is 1. The predicted octanol–water partition coefficient (Wildman–Crippen LogP) is 3.73. The first-order valence-corrected chi connectivity index (χ1v) is 10.3. The molecule has 1 aromatic carbocycles. The van der Waals surface area contributed by atoms with Gasteiger partial charge in [-0.15, -0.1) is 0 Å². The van der Waals surface area contributed by atoms with Crippen LogP contribution in [-0.2, 0) is 0 Å². The summed E-state index contributed by atoms with van der Waals surface area (Å²) in [6.45, 7) is 3.19. The van der Waals surface area contributed by atoms with Gasteiger partial charge in [0.1, 0.15) is 16.9 Å². The minimum atomic E-state index is -0.0121. The molecule has 1 amide bonds. The molecule has 0 unspecified atom stereocenters. The van der Waals surface area contributed by atoms with Crippen molar-refractivity contribution in [2.75, 3.05) is 13.1 Å². The predicted molar refractivity (Wildman–Crippen MR) is 115 cm³/mol. The molecule has 0 bridgehead atoms. The quantitative estimate of drug-likeness (QED) is 0.451. The Kier molecular flexibility index (Phi) is 3.92. The van der Waals surface area contributed by atoms with Gasteiger partial charge in [-0.25, -0.2) is 9.97 Å². The molecule has 1 saturated heterocycles. The van der Waals surface area contributed by atoms with E-state index in [2.05, 4.69) is 15.1 Å². The van der Waals surface area contributed by atoms with Gasteiger partial charge in [-0.3, -0.25) is 13.9 Å². The Morgan fingerprint density at radius 1 is 1.19 bits per heavy atom. The summed E-state index contributed by atoms with van der Waals surface area (Å²) in [7, 11) is 0. The smallest absolute Gasteiger partial charge is 0.272 e. The Hall–Kier alpha value is -3.94. The van der Waals surface area contributed by atoms with Gasteiger partial charge in [0.25, 0.3) is 5.91 Å². The van der Waals surface area contributed by atoms with Gasteiger partial charge in [-0.05, 0) is 47.9 Å². The van der Waals surface area contributed by atoms with E-state index >= 15 is 0 Å². The van der Waals surface area contributed by atoms with Crippen molar-refractivity contribution in [2.45, 2.75) is 19.4 Å². The fourth-order valence-electron chi connectivity index (χ4n) is 4.33. The van der Waals surface area contributed by atoms with Crippen molar-refractivity contribution >= 4 is 22.7 Å². The van der Waals surface area contributed by atoms with Gasteiger partial charge in [0.15, 0.2) is 11.5 Å². The molecule has 31 heavy (non-hydrogen) atoms. The fourth-order valence-corrected chi connectivity index (χ4v) is 4.33. The molecule has 154 valence electrons. The number of benzene rings is 1. The van der Waals surface area contributed by atoms with Crippen molar-refractivity contribution in [2.24, 2.45) is 0 Å². The first-order valence-electron chi connectivity index (χ1n) is 10.3. The summed E-state index contributed by atoms with van der Waals surface area (Å²) < 4.78 is 9.38. The molecule has 1 aliphatic heterocycles. The number of hydrogen-bond donors (Lipinski definition) is 0. The summed E-state index contributed by atoms with van der Waals surface area (Å²) in [6, 6.07) is 12.0. The molecule has 5 heterocycles. The Labute approximate surface area is 177 Å². The van der Waals surface area contributed by atoms with Crippen molar-refractivity contribution in [1.29, 1.82) is 0 Å². The molecule has 6 rings (SSSR count). The number of nitrogens with zero attached hydrogens (tertiary/aromatic N) is 6. The average Bonchev–Trinajstić information content (AvgIpc) is 3.57. The molecular formula is C23H20N6O2. The third-order valence-corrected chi connectivity index (χ3v) is 5.90. The molecule has 1 fully saturated rings. The highest BCUT2D eigenvalue weighted by Gasteiger charge is 2.29. The Balaban J connectivity index is 1.33. The maximum absolute atomic E-state index is 13.3. The van der Waals surface area contributed by atoms with Gasteiger partial charge in [0.05, 0.1) is 12.2 Å². The summed E-state index contributed by atoms with van der Waals surface area (Å²) in [5, 5.41) is 4.32. The molecule has 1 aliphatic rings. The lowest BCUT2D eigenvalue weighted by Gasteiger charge is -2.16. The normalized spacial score (nSPS) is 16.5. The molecule has 4 aromatic heterocycles. The van der Waals surface area contributed by atoms with E-state index in [1.54, 1.807) is 12.4 Å². The highest BCUT2D eigenvalue weighted by Crippen LogP contribution is 2.27. The van der Waals surface area contributed by atoms with Crippen LogP contribution < -0.4 is 0 Å². The molecule has 8 heteroatoms. The van der Waals surface area contributed by atoms with E-state index < -0.39 is 0 Å². The maximum Gasteiger partial charge on any atom is 0.272 e. The van der Waals surface area contributed by atoms with Crippen LogP contribution in [0.2, 0.25) is 0 Å². The first-order chi connectivity index (χ1) is 15.2. The number of fused-ring (bicyclic) bond motifs is 2.